The largest absolute Gasteiger partial charge is 0.497 e. The molecule has 4 rings (SSSR count). The Morgan fingerprint density at radius 2 is 1.62 bits per heavy atom. The summed E-state index contributed by atoms with van der Waals surface area (Å²) in [6.07, 6.45) is 0.151. The van der Waals surface area contributed by atoms with Crippen LogP contribution in [0.25, 0.3) is 0 Å². The standard InChI is InChI=1S/C31H40N4O7.3H2/c1-20-5-9-23(10-6-20)27(28(37)31(3)19-42-31)34-30(39)25(17-22-7-11-24(40-4)12-8-22)33-29(38)21(2)32-26(36)18-35-13-15-41-16-14-35;;;/h5-12,21,25,27H,13-19H2,1-4H3,(H,32,36)(H,33,38)(H,34,39);3*1H/t21-,25-,27-,31+;;;/m0.../s1. The van der Waals surface area contributed by atoms with E-state index in [0.717, 1.165) is 11.1 Å². The van der Waals surface area contributed by atoms with Crippen molar-refractivity contribution in [3.05, 3.63) is 65.2 Å². The molecule has 11 nitrogen and oxygen atoms in total. The molecule has 2 aliphatic rings. The second-order valence-electron chi connectivity index (χ2n) is 11.0. The predicted octanol–water partition coefficient (Wildman–Crippen LogP) is 1.82. The van der Waals surface area contributed by atoms with Crippen LogP contribution < -0.4 is 20.7 Å². The van der Waals surface area contributed by atoms with E-state index in [9.17, 15) is 19.2 Å². The van der Waals surface area contributed by atoms with Crippen molar-refractivity contribution >= 4 is 23.5 Å². The van der Waals surface area contributed by atoms with Gasteiger partial charge >= 0.3 is 0 Å². The first-order chi connectivity index (χ1) is 20.1. The van der Waals surface area contributed by atoms with Crippen molar-refractivity contribution in [2.24, 2.45) is 0 Å². The number of amides is 3. The number of nitrogens with one attached hydrogen (secondary N) is 3. The van der Waals surface area contributed by atoms with Crippen molar-refractivity contribution in [2.75, 3.05) is 46.6 Å². The number of epoxide rings is 1. The van der Waals surface area contributed by atoms with Gasteiger partial charge in [0.15, 0.2) is 5.78 Å². The van der Waals surface area contributed by atoms with Crippen molar-refractivity contribution in [1.82, 2.24) is 20.9 Å². The zero-order valence-electron chi connectivity index (χ0n) is 24.6. The number of rotatable bonds is 13. The lowest BCUT2D eigenvalue weighted by Gasteiger charge is -2.27. The number of carbonyl (C=O) groups is 4. The highest BCUT2D eigenvalue weighted by Gasteiger charge is 2.50. The molecule has 4 atom stereocenters. The van der Waals surface area contributed by atoms with Crippen LogP contribution in [0.5, 0.6) is 5.75 Å². The van der Waals surface area contributed by atoms with Crippen LogP contribution in [-0.4, -0.2) is 92.7 Å². The van der Waals surface area contributed by atoms with Gasteiger partial charge in [-0.1, -0.05) is 42.0 Å². The molecule has 2 aromatic carbocycles. The van der Waals surface area contributed by atoms with Gasteiger partial charge in [0.05, 0.1) is 33.5 Å². The molecule has 2 aliphatic heterocycles. The molecule has 0 spiro atoms. The summed E-state index contributed by atoms with van der Waals surface area (Å²) in [5.74, 6) is -0.955. The number of morpholine rings is 1. The fraction of sp³-hybridized carbons (Fsp3) is 0.484. The van der Waals surface area contributed by atoms with Gasteiger partial charge in [0.2, 0.25) is 17.7 Å². The molecule has 232 valence electrons. The van der Waals surface area contributed by atoms with Crippen molar-refractivity contribution in [3.8, 4) is 5.75 Å². The molecule has 3 amide bonds. The molecule has 0 aromatic heterocycles. The lowest BCUT2D eigenvalue weighted by atomic mass is 9.93. The van der Waals surface area contributed by atoms with Gasteiger partial charge in [-0.25, -0.2) is 0 Å². The maximum Gasteiger partial charge on any atom is 0.243 e. The Kier molecular flexibility index (Phi) is 10.3. The summed E-state index contributed by atoms with van der Waals surface area (Å²) in [5, 5.41) is 8.37. The molecule has 11 heteroatoms. The number of ketones is 1. The second-order valence-corrected chi connectivity index (χ2v) is 11.0. The maximum absolute atomic E-state index is 13.8. The smallest absolute Gasteiger partial charge is 0.243 e. The number of nitrogens with zero attached hydrogens (tertiary/aromatic N) is 1. The number of hydrogen-bond donors (Lipinski definition) is 3. The second kappa shape index (κ2) is 13.9. The molecule has 0 radical (unpaired) electrons. The van der Waals surface area contributed by atoms with E-state index in [1.165, 1.54) is 0 Å². The van der Waals surface area contributed by atoms with Gasteiger partial charge in [-0.2, -0.15) is 0 Å². The van der Waals surface area contributed by atoms with Crippen LogP contribution in [0.15, 0.2) is 48.5 Å². The average molecular weight is 587 g/mol. The van der Waals surface area contributed by atoms with Gasteiger partial charge in [0.25, 0.3) is 0 Å². The quantitative estimate of drug-likeness (QED) is 0.302. The van der Waals surface area contributed by atoms with Crippen molar-refractivity contribution in [1.29, 1.82) is 0 Å². The fourth-order valence-electron chi connectivity index (χ4n) is 4.68. The van der Waals surface area contributed by atoms with Crippen LogP contribution >= 0.6 is 0 Å². The molecule has 2 saturated heterocycles. The average Bonchev–Trinajstić information content (AvgIpc) is 3.74. The van der Waals surface area contributed by atoms with E-state index in [2.05, 4.69) is 16.0 Å². The summed E-state index contributed by atoms with van der Waals surface area (Å²) in [4.78, 5) is 54.9. The summed E-state index contributed by atoms with van der Waals surface area (Å²) in [7, 11) is 1.56. The highest BCUT2D eigenvalue weighted by molar-refractivity contribution is 5.99. The number of benzene rings is 2. The summed E-state index contributed by atoms with van der Waals surface area (Å²) in [6, 6.07) is 11.6. The van der Waals surface area contributed by atoms with Crippen molar-refractivity contribution in [3.63, 3.8) is 0 Å². The summed E-state index contributed by atoms with van der Waals surface area (Å²) < 4.78 is 15.9. The third-order valence-corrected chi connectivity index (χ3v) is 7.53. The minimum absolute atomic E-state index is 0. The summed E-state index contributed by atoms with van der Waals surface area (Å²) >= 11 is 0. The molecule has 0 aliphatic carbocycles. The Morgan fingerprint density at radius 3 is 2.21 bits per heavy atom. The van der Waals surface area contributed by atoms with E-state index in [1.807, 2.05) is 24.0 Å². The first kappa shape index (κ1) is 31.1. The molecule has 2 aromatic rings. The first-order valence-corrected chi connectivity index (χ1v) is 14.2. The fourth-order valence-corrected chi connectivity index (χ4v) is 4.68. The monoisotopic (exact) mass is 586 g/mol. The normalized spacial score (nSPS) is 20.5. The van der Waals surface area contributed by atoms with Crippen LogP contribution in [0.1, 0.15) is 40.9 Å². The Bertz CT molecular complexity index is 1270. The number of hydrogen-bond acceptors (Lipinski definition) is 8. The lowest BCUT2D eigenvalue weighted by Crippen LogP contribution is -2.55. The molecule has 42 heavy (non-hydrogen) atoms. The van der Waals surface area contributed by atoms with E-state index in [4.69, 9.17) is 14.2 Å². The number of ether oxygens (including phenoxy) is 3. The predicted molar refractivity (Wildman–Crippen MR) is 161 cm³/mol. The number of aryl methyl sites for hydroxylation is 1. The highest BCUT2D eigenvalue weighted by atomic mass is 16.6. The molecule has 0 unspecified atom stereocenters. The Balaban J connectivity index is 0.00000337. The van der Waals surface area contributed by atoms with Crippen LogP contribution in [-0.2, 0) is 35.1 Å². The Labute approximate surface area is 250 Å². The molecular formula is C31H46N4O7. The lowest BCUT2D eigenvalue weighted by molar-refractivity contribution is -0.134. The first-order valence-electron chi connectivity index (χ1n) is 14.2. The number of Topliss-reactive ketones (excluding diaryl/α,β-unsaturated/α-hetero) is 1. The molecule has 3 N–H and O–H groups in total. The molecule has 0 bridgehead atoms. The van der Waals surface area contributed by atoms with Crippen molar-refractivity contribution in [2.45, 2.75) is 50.9 Å². The molecule has 2 fully saturated rings. The maximum atomic E-state index is 13.8. The highest BCUT2D eigenvalue weighted by Crippen LogP contribution is 2.33. The third kappa shape index (κ3) is 8.37. The topological polar surface area (TPSA) is 139 Å². The number of carbonyl (C=O) groups excluding carboxylic acids is 4. The van der Waals surface area contributed by atoms with Crippen LogP contribution in [0.2, 0.25) is 0 Å². The van der Waals surface area contributed by atoms with E-state index >= 15 is 0 Å². The van der Waals surface area contributed by atoms with Gasteiger partial charge in [0, 0.05) is 23.8 Å². The van der Waals surface area contributed by atoms with E-state index in [0.29, 0.717) is 37.6 Å². The Morgan fingerprint density at radius 1 is 0.976 bits per heavy atom. The zero-order valence-corrected chi connectivity index (χ0v) is 24.6. The van der Waals surface area contributed by atoms with Gasteiger partial charge in [-0.15, -0.1) is 0 Å². The zero-order chi connectivity index (χ0) is 30.3. The van der Waals surface area contributed by atoms with E-state index in [1.54, 1.807) is 57.4 Å². The minimum atomic E-state index is -1.03. The SMILES string of the molecule is COc1ccc(C[C@H](NC(=O)[C@H](C)NC(=O)CN2CCOCC2)C(=O)N[C@H](C(=O)[C@@]2(C)CO2)c2ccc(C)cc2)cc1.[HH].[HH].[HH]. The van der Waals surface area contributed by atoms with Gasteiger partial charge in [0.1, 0.15) is 29.5 Å². The van der Waals surface area contributed by atoms with Crippen LogP contribution in [0, 0.1) is 6.92 Å². The van der Waals surface area contributed by atoms with Crippen LogP contribution in [0.3, 0.4) is 0 Å². The summed E-state index contributed by atoms with van der Waals surface area (Å²) in [6.45, 7) is 8.03. The molecule has 2 heterocycles. The minimum Gasteiger partial charge on any atom is -0.497 e. The van der Waals surface area contributed by atoms with Gasteiger partial charge < -0.3 is 30.2 Å². The van der Waals surface area contributed by atoms with Crippen LogP contribution in [0.4, 0.5) is 0 Å². The third-order valence-electron chi connectivity index (χ3n) is 7.53. The summed E-state index contributed by atoms with van der Waals surface area (Å²) in [5.41, 5.74) is 1.43. The number of methoxy groups -OCH3 is 1. The molecule has 0 saturated carbocycles. The van der Waals surface area contributed by atoms with E-state index < -0.39 is 35.5 Å². The van der Waals surface area contributed by atoms with Gasteiger partial charge in [-0.05, 0) is 44.0 Å². The van der Waals surface area contributed by atoms with Crippen molar-refractivity contribution < 1.29 is 37.7 Å². The molecular weight excluding hydrogens is 540 g/mol. The van der Waals surface area contributed by atoms with E-state index in [-0.39, 0.29) is 35.5 Å². The Hall–Kier alpha value is -3.80. The van der Waals surface area contributed by atoms with Gasteiger partial charge in [-0.3, -0.25) is 24.1 Å².